The van der Waals surface area contributed by atoms with E-state index in [-0.39, 0.29) is 0 Å². The van der Waals surface area contributed by atoms with Gasteiger partial charge in [-0.2, -0.15) is 8.78 Å². The lowest BCUT2D eigenvalue weighted by Crippen LogP contribution is -2.05. The maximum absolute atomic E-state index is 12.0. The Morgan fingerprint density at radius 3 is 2.15 bits per heavy atom. The molecule has 0 aliphatic heterocycles. The molecule has 0 bridgehead atoms. The minimum absolute atomic E-state index is 0.301. The summed E-state index contributed by atoms with van der Waals surface area (Å²) in [6.07, 6.45) is 0. The average molecular weight is 186 g/mol. The molecule has 0 aromatic heterocycles. The standard InChI is InChI=1S/C10H12F2O/c1-6-4-5-7(2)9(8(6)3)13-10(11)12/h4-5,10H,1-3H3. The molecule has 0 spiro atoms. The number of ether oxygens (including phenoxy) is 1. The Bertz CT molecular complexity index is 308. The Hall–Kier alpha value is -1.12. The molecule has 0 atom stereocenters. The van der Waals surface area contributed by atoms with Crippen LogP contribution in [0.15, 0.2) is 12.1 Å². The third-order valence-electron chi connectivity index (χ3n) is 2.08. The highest BCUT2D eigenvalue weighted by Crippen LogP contribution is 2.26. The monoisotopic (exact) mass is 186 g/mol. The van der Waals surface area contributed by atoms with Gasteiger partial charge in [0.2, 0.25) is 0 Å². The van der Waals surface area contributed by atoms with Crippen LogP contribution in [0.5, 0.6) is 5.75 Å². The van der Waals surface area contributed by atoms with Crippen molar-refractivity contribution in [3.8, 4) is 5.75 Å². The lowest BCUT2D eigenvalue weighted by Gasteiger charge is -2.12. The molecule has 1 nitrogen and oxygen atoms in total. The topological polar surface area (TPSA) is 9.23 Å². The van der Waals surface area contributed by atoms with E-state index in [0.717, 1.165) is 16.7 Å². The van der Waals surface area contributed by atoms with Crippen LogP contribution in [0.4, 0.5) is 8.78 Å². The SMILES string of the molecule is Cc1ccc(C)c(OC(F)F)c1C. The molecule has 0 N–H and O–H groups in total. The highest BCUT2D eigenvalue weighted by atomic mass is 19.3. The van der Waals surface area contributed by atoms with Crippen molar-refractivity contribution >= 4 is 0 Å². The van der Waals surface area contributed by atoms with Gasteiger partial charge >= 0.3 is 6.61 Å². The quantitative estimate of drug-likeness (QED) is 0.689. The zero-order chi connectivity index (χ0) is 10.0. The van der Waals surface area contributed by atoms with Crippen LogP contribution >= 0.6 is 0 Å². The fourth-order valence-corrected chi connectivity index (χ4v) is 1.20. The van der Waals surface area contributed by atoms with Crippen LogP contribution in [-0.4, -0.2) is 6.61 Å². The summed E-state index contributed by atoms with van der Waals surface area (Å²) in [7, 11) is 0. The van der Waals surface area contributed by atoms with E-state index < -0.39 is 6.61 Å². The number of alkyl halides is 2. The third kappa shape index (κ3) is 2.17. The summed E-state index contributed by atoms with van der Waals surface area (Å²) in [5, 5.41) is 0. The van der Waals surface area contributed by atoms with Gasteiger partial charge in [0.25, 0.3) is 0 Å². The molecule has 0 fully saturated rings. The second-order valence-corrected chi connectivity index (χ2v) is 3.03. The normalized spacial score (nSPS) is 10.6. The van der Waals surface area contributed by atoms with Crippen molar-refractivity contribution in [2.24, 2.45) is 0 Å². The summed E-state index contributed by atoms with van der Waals surface area (Å²) in [5.41, 5.74) is 2.48. The van der Waals surface area contributed by atoms with Gasteiger partial charge in [-0.25, -0.2) is 0 Å². The second-order valence-electron chi connectivity index (χ2n) is 3.03. The molecule has 0 aliphatic rings. The first-order valence-electron chi connectivity index (χ1n) is 4.04. The minimum Gasteiger partial charge on any atom is -0.434 e. The molecule has 0 heterocycles. The fraction of sp³-hybridized carbons (Fsp3) is 0.400. The first-order valence-corrected chi connectivity index (χ1v) is 4.04. The molecule has 0 saturated carbocycles. The molecule has 0 saturated heterocycles. The van der Waals surface area contributed by atoms with Crippen LogP contribution in [-0.2, 0) is 0 Å². The van der Waals surface area contributed by atoms with Gasteiger partial charge < -0.3 is 4.74 Å². The summed E-state index contributed by atoms with van der Waals surface area (Å²) in [4.78, 5) is 0. The van der Waals surface area contributed by atoms with Gasteiger partial charge in [-0.15, -0.1) is 0 Å². The Morgan fingerprint density at radius 1 is 1.08 bits per heavy atom. The van der Waals surface area contributed by atoms with E-state index in [0.29, 0.717) is 5.75 Å². The zero-order valence-electron chi connectivity index (χ0n) is 7.90. The smallest absolute Gasteiger partial charge is 0.387 e. The van der Waals surface area contributed by atoms with Gasteiger partial charge in [-0.3, -0.25) is 0 Å². The summed E-state index contributed by atoms with van der Waals surface area (Å²) >= 11 is 0. The summed E-state index contributed by atoms with van der Waals surface area (Å²) < 4.78 is 28.4. The van der Waals surface area contributed by atoms with E-state index in [1.807, 2.05) is 13.0 Å². The summed E-state index contributed by atoms with van der Waals surface area (Å²) in [6.45, 7) is 2.65. The van der Waals surface area contributed by atoms with E-state index in [1.54, 1.807) is 19.9 Å². The lowest BCUT2D eigenvalue weighted by molar-refractivity contribution is -0.0507. The van der Waals surface area contributed by atoms with Crippen molar-refractivity contribution < 1.29 is 13.5 Å². The third-order valence-corrected chi connectivity index (χ3v) is 2.08. The lowest BCUT2D eigenvalue weighted by atomic mass is 10.1. The first-order chi connectivity index (χ1) is 6.02. The zero-order valence-corrected chi connectivity index (χ0v) is 7.90. The molecule has 13 heavy (non-hydrogen) atoms. The van der Waals surface area contributed by atoms with E-state index in [2.05, 4.69) is 4.74 Å². The molecule has 0 amide bonds. The Labute approximate surface area is 76.3 Å². The van der Waals surface area contributed by atoms with Crippen molar-refractivity contribution in [1.29, 1.82) is 0 Å². The van der Waals surface area contributed by atoms with Crippen molar-refractivity contribution in [3.63, 3.8) is 0 Å². The van der Waals surface area contributed by atoms with Crippen LogP contribution in [0.25, 0.3) is 0 Å². The molecule has 0 unspecified atom stereocenters. The highest BCUT2D eigenvalue weighted by Gasteiger charge is 2.10. The van der Waals surface area contributed by atoms with Gasteiger partial charge in [0.15, 0.2) is 0 Å². The number of aryl methyl sites for hydroxylation is 2. The Kier molecular flexibility index (Phi) is 2.86. The second kappa shape index (κ2) is 3.73. The number of hydrogen-bond acceptors (Lipinski definition) is 1. The maximum atomic E-state index is 12.0. The largest absolute Gasteiger partial charge is 0.434 e. The van der Waals surface area contributed by atoms with Crippen LogP contribution in [0.1, 0.15) is 16.7 Å². The number of hydrogen-bond donors (Lipinski definition) is 0. The predicted molar refractivity (Wildman–Crippen MR) is 47.3 cm³/mol. The van der Waals surface area contributed by atoms with E-state index in [4.69, 9.17) is 0 Å². The van der Waals surface area contributed by atoms with Gasteiger partial charge in [0, 0.05) is 0 Å². The van der Waals surface area contributed by atoms with Crippen LogP contribution in [0.2, 0.25) is 0 Å². The van der Waals surface area contributed by atoms with Gasteiger partial charge in [-0.1, -0.05) is 12.1 Å². The highest BCUT2D eigenvalue weighted by molar-refractivity contribution is 5.44. The van der Waals surface area contributed by atoms with Gasteiger partial charge in [0.05, 0.1) is 0 Å². The number of halogens is 2. The molecule has 0 radical (unpaired) electrons. The molecule has 0 aliphatic carbocycles. The molecule has 1 aromatic carbocycles. The minimum atomic E-state index is -2.75. The van der Waals surface area contributed by atoms with Crippen LogP contribution in [0, 0.1) is 20.8 Å². The van der Waals surface area contributed by atoms with Crippen molar-refractivity contribution in [3.05, 3.63) is 28.8 Å². The number of rotatable bonds is 2. The Balaban J connectivity index is 3.10. The van der Waals surface area contributed by atoms with E-state index in [9.17, 15) is 8.78 Å². The van der Waals surface area contributed by atoms with Gasteiger partial charge in [-0.05, 0) is 37.5 Å². The molecule has 1 aromatic rings. The summed E-state index contributed by atoms with van der Waals surface area (Å²) in [6, 6.07) is 3.67. The molecular weight excluding hydrogens is 174 g/mol. The van der Waals surface area contributed by atoms with Crippen LogP contribution in [0.3, 0.4) is 0 Å². The number of benzene rings is 1. The van der Waals surface area contributed by atoms with Crippen molar-refractivity contribution in [1.82, 2.24) is 0 Å². The molecule has 72 valence electrons. The summed E-state index contributed by atoms with van der Waals surface area (Å²) in [5.74, 6) is 0.301. The van der Waals surface area contributed by atoms with Crippen molar-refractivity contribution in [2.45, 2.75) is 27.4 Å². The van der Waals surface area contributed by atoms with Gasteiger partial charge in [0.1, 0.15) is 5.75 Å². The maximum Gasteiger partial charge on any atom is 0.387 e. The molecule has 1 rings (SSSR count). The van der Waals surface area contributed by atoms with Crippen molar-refractivity contribution in [2.75, 3.05) is 0 Å². The molecule has 3 heteroatoms. The predicted octanol–water partition coefficient (Wildman–Crippen LogP) is 3.21. The Morgan fingerprint density at radius 2 is 1.62 bits per heavy atom. The van der Waals surface area contributed by atoms with E-state index in [1.165, 1.54) is 0 Å². The average Bonchev–Trinajstić information content (AvgIpc) is 2.05. The first kappa shape index (κ1) is 9.96. The molecular formula is C10H12F2O. The fourth-order valence-electron chi connectivity index (χ4n) is 1.20. The van der Waals surface area contributed by atoms with E-state index >= 15 is 0 Å². The van der Waals surface area contributed by atoms with Crippen LogP contribution < -0.4 is 4.74 Å².